The molecule has 1 heterocycles. The van der Waals surface area contributed by atoms with Gasteiger partial charge < -0.3 is 10.6 Å². The molecule has 2 aromatic carbocycles. The highest BCUT2D eigenvalue weighted by atomic mass is 32.2. The van der Waals surface area contributed by atoms with E-state index >= 15 is 0 Å². The van der Waals surface area contributed by atoms with Crippen molar-refractivity contribution < 1.29 is 22.9 Å². The molecule has 3 rings (SSSR count). The van der Waals surface area contributed by atoms with Gasteiger partial charge in [-0.2, -0.15) is 13.2 Å². The molecule has 2 aromatic rings. The average molecular weight is 457 g/mol. The number of hydrogen-bond acceptors (Lipinski definition) is 6. The Morgan fingerprint density at radius 1 is 1.17 bits per heavy atom. The van der Waals surface area contributed by atoms with E-state index in [4.69, 9.17) is 0 Å². The van der Waals surface area contributed by atoms with Gasteiger partial charge in [0.1, 0.15) is 5.69 Å². The minimum atomic E-state index is -4.67. The smallest absolute Gasteiger partial charge is 0.379 e. The van der Waals surface area contributed by atoms with Crippen molar-refractivity contribution in [2.24, 2.45) is 0 Å². The van der Waals surface area contributed by atoms with Crippen LogP contribution < -0.4 is 10.6 Å². The van der Waals surface area contributed by atoms with Crippen LogP contribution in [0.3, 0.4) is 0 Å². The SMILES string of the molecule is O=C(CCNc1ccc(C(F)(F)F)cc1[N+](=O)[O-])Nc1cccc(C2SCCS2)c1. The molecule has 1 amide bonds. The molecule has 11 heteroatoms. The number of rotatable bonds is 7. The lowest BCUT2D eigenvalue weighted by molar-refractivity contribution is -0.384. The number of amides is 1. The Bertz CT molecular complexity index is 935. The lowest BCUT2D eigenvalue weighted by Crippen LogP contribution is -2.17. The van der Waals surface area contributed by atoms with Crippen molar-refractivity contribution in [2.45, 2.75) is 17.2 Å². The third-order valence-corrected chi connectivity index (χ3v) is 7.36. The van der Waals surface area contributed by atoms with Gasteiger partial charge in [-0.15, -0.1) is 23.5 Å². The van der Waals surface area contributed by atoms with Gasteiger partial charge in [0.25, 0.3) is 5.69 Å². The first-order valence-corrected chi connectivity index (χ1v) is 11.1. The summed E-state index contributed by atoms with van der Waals surface area (Å²) >= 11 is 3.71. The summed E-state index contributed by atoms with van der Waals surface area (Å²) in [7, 11) is 0. The number of nitrogens with one attached hydrogen (secondary N) is 2. The molecule has 0 atom stereocenters. The molecule has 0 spiro atoms. The lowest BCUT2D eigenvalue weighted by atomic mass is 10.1. The van der Waals surface area contributed by atoms with Gasteiger partial charge in [-0.05, 0) is 29.8 Å². The third kappa shape index (κ3) is 5.82. The molecule has 0 bridgehead atoms. The van der Waals surface area contributed by atoms with Crippen LogP contribution in [-0.4, -0.2) is 28.9 Å². The van der Waals surface area contributed by atoms with Crippen LogP contribution in [0, 0.1) is 10.1 Å². The van der Waals surface area contributed by atoms with Gasteiger partial charge in [0.15, 0.2) is 0 Å². The van der Waals surface area contributed by atoms with Gasteiger partial charge in [-0.1, -0.05) is 12.1 Å². The molecule has 6 nitrogen and oxygen atoms in total. The van der Waals surface area contributed by atoms with E-state index in [1.807, 2.05) is 41.7 Å². The van der Waals surface area contributed by atoms with Crippen LogP contribution in [0.5, 0.6) is 0 Å². The van der Waals surface area contributed by atoms with E-state index in [9.17, 15) is 28.1 Å². The minimum absolute atomic E-state index is 0.00463. The Kier molecular flexibility index (Phi) is 7.14. The molecule has 1 aliphatic heterocycles. The Labute approximate surface area is 179 Å². The maximum absolute atomic E-state index is 12.8. The van der Waals surface area contributed by atoms with Gasteiger partial charge in [-0.25, -0.2) is 0 Å². The minimum Gasteiger partial charge on any atom is -0.379 e. The summed E-state index contributed by atoms with van der Waals surface area (Å²) in [5, 5.41) is 16.5. The van der Waals surface area contributed by atoms with Gasteiger partial charge in [0.05, 0.1) is 15.1 Å². The zero-order valence-corrected chi connectivity index (χ0v) is 17.2. The van der Waals surface area contributed by atoms with Crippen molar-refractivity contribution in [1.82, 2.24) is 0 Å². The highest BCUT2D eigenvalue weighted by molar-refractivity contribution is 8.19. The molecule has 1 aliphatic rings. The summed E-state index contributed by atoms with van der Waals surface area (Å²) in [5.74, 6) is 1.88. The number of hydrogen-bond donors (Lipinski definition) is 2. The molecule has 0 saturated carbocycles. The standard InChI is InChI=1S/C19H18F3N3O3S2/c20-19(21,22)13-4-5-15(16(11-13)25(27)28)23-7-6-17(26)24-14-3-1-2-12(10-14)18-29-8-9-30-18/h1-5,10-11,18,23H,6-9H2,(H,24,26). The van der Waals surface area contributed by atoms with Crippen molar-refractivity contribution in [3.63, 3.8) is 0 Å². The summed E-state index contributed by atoms with van der Waals surface area (Å²) in [5.41, 5.74) is -0.0801. The van der Waals surface area contributed by atoms with Gasteiger partial charge in [0, 0.05) is 36.2 Å². The number of carbonyl (C=O) groups excluding carboxylic acids is 1. The highest BCUT2D eigenvalue weighted by Gasteiger charge is 2.33. The number of halogens is 3. The quantitative estimate of drug-likeness (QED) is 0.420. The zero-order valence-electron chi connectivity index (χ0n) is 15.6. The van der Waals surface area contributed by atoms with Crippen molar-refractivity contribution in [2.75, 3.05) is 28.7 Å². The number of benzene rings is 2. The van der Waals surface area contributed by atoms with Crippen LogP contribution in [0.4, 0.5) is 30.2 Å². The summed E-state index contributed by atoms with van der Waals surface area (Å²) < 4.78 is 38.6. The van der Waals surface area contributed by atoms with Crippen LogP contribution in [0.25, 0.3) is 0 Å². The van der Waals surface area contributed by atoms with E-state index < -0.39 is 22.4 Å². The van der Waals surface area contributed by atoms with Crippen LogP contribution in [-0.2, 0) is 11.0 Å². The summed E-state index contributed by atoms with van der Waals surface area (Å²) in [6.45, 7) is 0.0338. The number of alkyl halides is 3. The Morgan fingerprint density at radius 3 is 2.57 bits per heavy atom. The maximum atomic E-state index is 12.8. The lowest BCUT2D eigenvalue weighted by Gasteiger charge is -2.12. The molecule has 0 radical (unpaired) electrons. The first kappa shape index (κ1) is 22.3. The van der Waals surface area contributed by atoms with E-state index in [2.05, 4.69) is 10.6 Å². The molecular formula is C19H18F3N3O3S2. The van der Waals surface area contributed by atoms with Crippen LogP contribution >= 0.6 is 23.5 Å². The molecular weight excluding hydrogens is 439 g/mol. The molecule has 1 fully saturated rings. The van der Waals surface area contributed by atoms with Crippen molar-refractivity contribution in [3.8, 4) is 0 Å². The Hall–Kier alpha value is -2.40. The number of nitro groups is 1. The average Bonchev–Trinajstić information content (AvgIpc) is 3.22. The van der Waals surface area contributed by atoms with Crippen LogP contribution in [0.15, 0.2) is 42.5 Å². The van der Waals surface area contributed by atoms with Gasteiger partial charge in [0.2, 0.25) is 5.91 Å². The monoisotopic (exact) mass is 457 g/mol. The molecule has 0 aliphatic carbocycles. The number of nitrogens with zero attached hydrogens (tertiary/aromatic N) is 1. The molecule has 30 heavy (non-hydrogen) atoms. The molecule has 0 unspecified atom stereocenters. The molecule has 1 saturated heterocycles. The normalized spacial score (nSPS) is 14.5. The largest absolute Gasteiger partial charge is 0.416 e. The van der Waals surface area contributed by atoms with Crippen LogP contribution in [0.2, 0.25) is 0 Å². The predicted molar refractivity (Wildman–Crippen MR) is 114 cm³/mol. The number of anilines is 2. The van der Waals surface area contributed by atoms with E-state index in [0.29, 0.717) is 16.3 Å². The first-order valence-electron chi connectivity index (χ1n) is 8.96. The second kappa shape index (κ2) is 9.61. The Morgan fingerprint density at radius 2 is 1.90 bits per heavy atom. The fraction of sp³-hybridized carbons (Fsp3) is 0.316. The topological polar surface area (TPSA) is 84.3 Å². The van der Waals surface area contributed by atoms with Crippen molar-refractivity contribution in [3.05, 3.63) is 63.7 Å². The van der Waals surface area contributed by atoms with E-state index in [-0.39, 0.29) is 24.6 Å². The zero-order chi connectivity index (χ0) is 21.7. The second-order valence-electron chi connectivity index (χ2n) is 6.41. The predicted octanol–water partition coefficient (Wildman–Crippen LogP) is 5.53. The van der Waals surface area contributed by atoms with Crippen LogP contribution in [0.1, 0.15) is 22.1 Å². The van der Waals surface area contributed by atoms with Gasteiger partial charge in [-0.3, -0.25) is 14.9 Å². The van der Waals surface area contributed by atoms with Gasteiger partial charge >= 0.3 is 6.18 Å². The molecule has 160 valence electrons. The number of nitro benzene ring substituents is 1. The van der Waals surface area contributed by atoms with E-state index in [1.165, 1.54) is 0 Å². The van der Waals surface area contributed by atoms with E-state index in [1.54, 1.807) is 6.07 Å². The summed E-state index contributed by atoms with van der Waals surface area (Å²) in [4.78, 5) is 22.4. The first-order chi connectivity index (χ1) is 14.2. The fourth-order valence-electron chi connectivity index (χ4n) is 2.86. The second-order valence-corrected chi connectivity index (χ2v) is 9.14. The summed E-state index contributed by atoms with van der Waals surface area (Å²) in [6.07, 6.45) is -4.68. The number of thioether (sulfide) groups is 2. The summed E-state index contributed by atoms with van der Waals surface area (Å²) in [6, 6.07) is 9.82. The highest BCUT2D eigenvalue weighted by Crippen LogP contribution is 2.45. The van der Waals surface area contributed by atoms with E-state index in [0.717, 1.165) is 29.2 Å². The fourth-order valence-corrected chi connectivity index (χ4v) is 5.69. The Balaban J connectivity index is 1.57. The maximum Gasteiger partial charge on any atom is 0.416 e. The molecule has 2 N–H and O–H groups in total. The third-order valence-electron chi connectivity index (χ3n) is 4.25. The van der Waals surface area contributed by atoms with Crippen molar-refractivity contribution in [1.29, 1.82) is 0 Å². The number of carbonyl (C=O) groups is 1. The molecule has 0 aromatic heterocycles. The van der Waals surface area contributed by atoms with Crippen molar-refractivity contribution >= 4 is 46.5 Å².